The molecular formula is C24H34N4O7. The van der Waals surface area contributed by atoms with Gasteiger partial charge in [0.1, 0.15) is 18.1 Å². The van der Waals surface area contributed by atoms with Crippen molar-refractivity contribution in [3.05, 3.63) is 35.9 Å². The largest absolute Gasteiger partial charge is 0.481 e. The lowest BCUT2D eigenvalue weighted by Gasteiger charge is -2.29. The average molecular weight is 491 g/mol. The molecule has 4 atom stereocenters. The number of amides is 3. The smallest absolute Gasteiger partial charge is 0.326 e. The summed E-state index contributed by atoms with van der Waals surface area (Å²) < 4.78 is 0. The molecule has 1 heterocycles. The molecule has 0 aromatic heterocycles. The lowest BCUT2D eigenvalue weighted by molar-refractivity contribution is -0.150. The van der Waals surface area contributed by atoms with Crippen LogP contribution in [-0.2, 0) is 30.4 Å². The zero-order valence-electron chi connectivity index (χ0n) is 20.0. The van der Waals surface area contributed by atoms with Crippen LogP contribution >= 0.6 is 0 Å². The second kappa shape index (κ2) is 12.8. The van der Waals surface area contributed by atoms with Crippen molar-refractivity contribution in [1.82, 2.24) is 15.5 Å². The molecule has 0 aliphatic carbocycles. The predicted octanol–water partition coefficient (Wildman–Crippen LogP) is 0.122. The predicted molar refractivity (Wildman–Crippen MR) is 126 cm³/mol. The second-order valence-electron chi connectivity index (χ2n) is 9.04. The molecule has 3 amide bonds. The van der Waals surface area contributed by atoms with Gasteiger partial charge >= 0.3 is 11.9 Å². The average Bonchev–Trinajstić information content (AvgIpc) is 3.31. The number of nitrogens with one attached hydrogen (secondary N) is 2. The first kappa shape index (κ1) is 27.8. The Kier molecular flexibility index (Phi) is 10.2. The van der Waals surface area contributed by atoms with Crippen LogP contribution in [0.3, 0.4) is 0 Å². The van der Waals surface area contributed by atoms with E-state index in [1.54, 1.807) is 44.2 Å². The van der Waals surface area contributed by atoms with Crippen molar-refractivity contribution < 1.29 is 34.2 Å². The van der Waals surface area contributed by atoms with Crippen LogP contribution in [0.25, 0.3) is 0 Å². The third kappa shape index (κ3) is 8.06. The molecule has 4 unspecified atom stereocenters. The van der Waals surface area contributed by atoms with Crippen LogP contribution in [0.5, 0.6) is 0 Å². The molecule has 0 radical (unpaired) electrons. The molecule has 1 aliphatic heterocycles. The second-order valence-corrected chi connectivity index (χ2v) is 9.04. The molecule has 0 spiro atoms. The summed E-state index contributed by atoms with van der Waals surface area (Å²) in [4.78, 5) is 62.9. The van der Waals surface area contributed by atoms with Crippen LogP contribution < -0.4 is 16.4 Å². The molecule has 35 heavy (non-hydrogen) atoms. The number of likely N-dealkylation sites (tertiary alicyclic amines) is 1. The third-order valence-electron chi connectivity index (χ3n) is 6.02. The van der Waals surface area contributed by atoms with Gasteiger partial charge in [-0.2, -0.15) is 0 Å². The maximum atomic E-state index is 13.3. The lowest BCUT2D eigenvalue weighted by Crippen LogP contribution is -2.58. The molecular weight excluding hydrogens is 456 g/mol. The lowest BCUT2D eigenvalue weighted by atomic mass is 10.0. The number of rotatable bonds is 12. The Labute approximate surface area is 204 Å². The highest BCUT2D eigenvalue weighted by Crippen LogP contribution is 2.20. The molecule has 1 aromatic rings. The van der Waals surface area contributed by atoms with Crippen molar-refractivity contribution in [3.8, 4) is 0 Å². The summed E-state index contributed by atoms with van der Waals surface area (Å²) in [6.45, 7) is 3.74. The monoisotopic (exact) mass is 490 g/mol. The number of carboxylic acids is 2. The highest BCUT2D eigenvalue weighted by molar-refractivity contribution is 5.94. The number of nitrogens with two attached hydrogens (primary N) is 1. The molecule has 1 fully saturated rings. The van der Waals surface area contributed by atoms with E-state index < -0.39 is 60.2 Å². The molecule has 11 heteroatoms. The van der Waals surface area contributed by atoms with Gasteiger partial charge in [-0.3, -0.25) is 19.2 Å². The van der Waals surface area contributed by atoms with Crippen LogP contribution in [0.1, 0.15) is 45.1 Å². The van der Waals surface area contributed by atoms with Gasteiger partial charge in [0.25, 0.3) is 0 Å². The topological polar surface area (TPSA) is 179 Å². The minimum absolute atomic E-state index is 0.116. The van der Waals surface area contributed by atoms with Crippen molar-refractivity contribution in [2.75, 3.05) is 6.54 Å². The SMILES string of the molecule is CC(C)C(N)C(=O)NC(Cc1ccccc1)C(=O)NC(CCC(=O)O)C(=O)N1CCCC1C(=O)O. The van der Waals surface area contributed by atoms with Crippen LogP contribution in [0.15, 0.2) is 30.3 Å². The number of hydrogen-bond acceptors (Lipinski definition) is 6. The van der Waals surface area contributed by atoms with Crippen LogP contribution in [-0.4, -0.2) is 75.5 Å². The summed E-state index contributed by atoms with van der Waals surface area (Å²) >= 11 is 0. The Hall–Kier alpha value is -3.47. The van der Waals surface area contributed by atoms with Crippen molar-refractivity contribution in [2.24, 2.45) is 11.7 Å². The van der Waals surface area contributed by atoms with Crippen LogP contribution in [0.4, 0.5) is 0 Å². The Morgan fingerprint density at radius 3 is 2.23 bits per heavy atom. The summed E-state index contributed by atoms with van der Waals surface area (Å²) in [5, 5.41) is 23.7. The first-order chi connectivity index (χ1) is 16.5. The highest BCUT2D eigenvalue weighted by atomic mass is 16.4. The fourth-order valence-electron chi connectivity index (χ4n) is 3.91. The molecule has 192 valence electrons. The van der Waals surface area contributed by atoms with Crippen LogP contribution in [0, 0.1) is 5.92 Å². The van der Waals surface area contributed by atoms with E-state index in [0.29, 0.717) is 6.42 Å². The van der Waals surface area contributed by atoms with Crippen molar-refractivity contribution >= 4 is 29.7 Å². The van der Waals surface area contributed by atoms with Gasteiger partial charge in [0.15, 0.2) is 0 Å². The van der Waals surface area contributed by atoms with E-state index in [2.05, 4.69) is 10.6 Å². The Balaban J connectivity index is 2.25. The summed E-state index contributed by atoms with van der Waals surface area (Å²) in [6, 6.07) is 4.71. The number of carboxylic acid groups (broad SMARTS) is 2. The Morgan fingerprint density at radius 1 is 1.03 bits per heavy atom. The van der Waals surface area contributed by atoms with E-state index in [4.69, 9.17) is 10.8 Å². The number of aliphatic carboxylic acids is 2. The van der Waals surface area contributed by atoms with E-state index in [1.165, 1.54) is 0 Å². The van der Waals surface area contributed by atoms with Gasteiger partial charge < -0.3 is 31.5 Å². The number of carbonyl (C=O) groups excluding carboxylic acids is 3. The number of nitrogens with zero attached hydrogens (tertiary/aromatic N) is 1. The minimum atomic E-state index is -1.26. The summed E-state index contributed by atoms with van der Waals surface area (Å²) in [7, 11) is 0. The van der Waals surface area contributed by atoms with E-state index in [9.17, 15) is 29.1 Å². The molecule has 11 nitrogen and oxygen atoms in total. The zero-order chi connectivity index (χ0) is 26.1. The van der Waals surface area contributed by atoms with Crippen molar-refractivity contribution in [3.63, 3.8) is 0 Å². The van der Waals surface area contributed by atoms with Gasteiger partial charge in [-0.15, -0.1) is 0 Å². The fraction of sp³-hybridized carbons (Fsp3) is 0.542. The maximum Gasteiger partial charge on any atom is 0.326 e. The zero-order valence-corrected chi connectivity index (χ0v) is 20.0. The quantitative estimate of drug-likeness (QED) is 0.274. The number of carbonyl (C=O) groups is 5. The maximum absolute atomic E-state index is 13.3. The first-order valence-corrected chi connectivity index (χ1v) is 11.7. The standard InChI is InChI=1S/C24H34N4O7/c1-14(2)20(25)22(32)27-17(13-15-7-4-3-5-8-15)21(31)26-16(10-11-19(29)30)23(33)28-12-6-9-18(28)24(34)35/h3-5,7-8,14,16-18,20H,6,9-13,25H2,1-2H3,(H,26,31)(H,27,32)(H,29,30)(H,34,35). The third-order valence-corrected chi connectivity index (χ3v) is 6.02. The molecule has 2 rings (SSSR count). The molecule has 0 saturated carbocycles. The molecule has 1 aromatic carbocycles. The molecule has 1 saturated heterocycles. The van der Waals surface area contributed by atoms with E-state index in [0.717, 1.165) is 10.5 Å². The molecule has 0 bridgehead atoms. The molecule has 6 N–H and O–H groups in total. The van der Waals surface area contributed by atoms with E-state index in [-0.39, 0.29) is 31.7 Å². The Morgan fingerprint density at radius 2 is 1.66 bits per heavy atom. The van der Waals surface area contributed by atoms with E-state index in [1.807, 2.05) is 0 Å². The van der Waals surface area contributed by atoms with Gasteiger partial charge in [0, 0.05) is 19.4 Å². The fourth-order valence-corrected chi connectivity index (χ4v) is 3.91. The highest BCUT2D eigenvalue weighted by Gasteiger charge is 2.38. The van der Waals surface area contributed by atoms with Crippen molar-refractivity contribution in [1.29, 1.82) is 0 Å². The van der Waals surface area contributed by atoms with Crippen molar-refractivity contribution in [2.45, 2.75) is 70.1 Å². The van der Waals surface area contributed by atoms with Gasteiger partial charge in [0.05, 0.1) is 6.04 Å². The summed E-state index contributed by atoms with van der Waals surface area (Å²) in [6.07, 6.45) is 0.253. The van der Waals surface area contributed by atoms with Gasteiger partial charge in [-0.05, 0) is 30.7 Å². The molecule has 1 aliphatic rings. The normalized spacial score (nSPS) is 17.9. The first-order valence-electron chi connectivity index (χ1n) is 11.7. The number of hydrogen-bond donors (Lipinski definition) is 5. The van der Waals surface area contributed by atoms with Crippen LogP contribution in [0.2, 0.25) is 0 Å². The van der Waals surface area contributed by atoms with Gasteiger partial charge in [0.2, 0.25) is 17.7 Å². The van der Waals surface area contributed by atoms with Gasteiger partial charge in [-0.25, -0.2) is 4.79 Å². The van der Waals surface area contributed by atoms with E-state index >= 15 is 0 Å². The summed E-state index contributed by atoms with van der Waals surface area (Å²) in [5.74, 6) is -4.37. The summed E-state index contributed by atoms with van der Waals surface area (Å²) in [5.41, 5.74) is 6.69. The van der Waals surface area contributed by atoms with Gasteiger partial charge in [-0.1, -0.05) is 44.2 Å². The minimum Gasteiger partial charge on any atom is -0.481 e. The number of benzene rings is 1. The Bertz CT molecular complexity index is 922.